The Morgan fingerprint density at radius 1 is 0.750 bits per heavy atom. The summed E-state index contributed by atoms with van der Waals surface area (Å²) < 4.78 is 0. The second kappa shape index (κ2) is 9.18. The summed E-state index contributed by atoms with van der Waals surface area (Å²) in [4.78, 5) is 0. The monoisotopic (exact) mass is 380 g/mol. The quantitative estimate of drug-likeness (QED) is 0.269. The van der Waals surface area contributed by atoms with Crippen LogP contribution in [0.1, 0.15) is 48.9 Å². The van der Waals surface area contributed by atoms with E-state index in [1.165, 1.54) is 6.07 Å². The summed E-state index contributed by atoms with van der Waals surface area (Å²) in [5, 5.41) is 40.5. The smallest absolute Gasteiger partial charge is 0.160 e. The maximum absolute atomic E-state index is 10.2. The predicted octanol–water partition coefficient (Wildman–Crippen LogP) is 5.70. The molecule has 0 spiro atoms. The van der Waals surface area contributed by atoms with Gasteiger partial charge in [0.15, 0.2) is 11.5 Å². The van der Waals surface area contributed by atoms with Gasteiger partial charge in [0.1, 0.15) is 11.5 Å². The third-order valence-corrected chi connectivity index (χ3v) is 4.51. The van der Waals surface area contributed by atoms with Crippen molar-refractivity contribution in [2.75, 3.05) is 0 Å². The Balaban J connectivity index is 2.25. The van der Waals surface area contributed by atoms with Crippen LogP contribution in [0.3, 0.4) is 0 Å². The van der Waals surface area contributed by atoms with Crippen molar-refractivity contribution in [1.82, 2.24) is 0 Å². The molecule has 0 saturated carbocycles. The number of aryl methyl sites for hydroxylation is 1. The molecule has 0 aliphatic carbocycles. The van der Waals surface area contributed by atoms with Crippen LogP contribution in [0.15, 0.2) is 48.6 Å². The summed E-state index contributed by atoms with van der Waals surface area (Å²) in [5.74, 6) is -0.219. The van der Waals surface area contributed by atoms with Crippen LogP contribution in [-0.4, -0.2) is 20.4 Å². The Hall–Kier alpha value is -3.14. The molecule has 4 heteroatoms. The van der Waals surface area contributed by atoms with Crippen LogP contribution in [0.4, 0.5) is 0 Å². The maximum atomic E-state index is 10.2. The minimum Gasteiger partial charge on any atom is -0.508 e. The third kappa shape index (κ3) is 5.68. The van der Waals surface area contributed by atoms with Gasteiger partial charge in [0.2, 0.25) is 0 Å². The van der Waals surface area contributed by atoms with E-state index < -0.39 is 0 Å². The van der Waals surface area contributed by atoms with E-state index in [0.717, 1.165) is 11.1 Å². The van der Waals surface area contributed by atoms with Gasteiger partial charge in [0, 0.05) is 5.56 Å². The number of aromatic hydroxyl groups is 4. The average Bonchev–Trinajstić information content (AvgIpc) is 2.60. The second-order valence-electron chi connectivity index (χ2n) is 7.33. The molecule has 0 fully saturated rings. The highest BCUT2D eigenvalue weighted by atomic mass is 16.3. The average molecular weight is 380 g/mol. The van der Waals surface area contributed by atoms with E-state index in [-0.39, 0.29) is 23.0 Å². The van der Waals surface area contributed by atoms with E-state index in [9.17, 15) is 20.4 Å². The van der Waals surface area contributed by atoms with Crippen LogP contribution in [0.25, 0.3) is 12.2 Å². The zero-order valence-electron chi connectivity index (χ0n) is 16.5. The van der Waals surface area contributed by atoms with Gasteiger partial charge >= 0.3 is 0 Å². The van der Waals surface area contributed by atoms with Gasteiger partial charge in [-0.25, -0.2) is 0 Å². The number of phenolic OH excluding ortho intramolecular Hbond substituents is 4. The highest BCUT2D eigenvalue weighted by Gasteiger charge is 2.10. The normalized spacial score (nSPS) is 11.1. The minimum absolute atomic E-state index is 0.0385. The van der Waals surface area contributed by atoms with Gasteiger partial charge in [-0.3, -0.25) is 0 Å². The second-order valence-corrected chi connectivity index (χ2v) is 7.33. The lowest BCUT2D eigenvalue weighted by Gasteiger charge is -2.09. The molecular formula is C24H28O4. The number of hydrogen-bond donors (Lipinski definition) is 4. The molecule has 0 bridgehead atoms. The van der Waals surface area contributed by atoms with Crippen LogP contribution >= 0.6 is 0 Å². The van der Waals surface area contributed by atoms with E-state index >= 15 is 0 Å². The van der Waals surface area contributed by atoms with Crippen molar-refractivity contribution < 1.29 is 20.4 Å². The first kappa shape index (κ1) is 21.2. The van der Waals surface area contributed by atoms with Crippen molar-refractivity contribution in [2.45, 2.75) is 39.5 Å². The van der Waals surface area contributed by atoms with Gasteiger partial charge < -0.3 is 20.4 Å². The number of rotatable bonds is 8. The largest absolute Gasteiger partial charge is 0.508 e. The molecule has 2 aromatic carbocycles. The molecule has 0 saturated heterocycles. The zero-order chi connectivity index (χ0) is 20.8. The van der Waals surface area contributed by atoms with Crippen molar-refractivity contribution in [1.29, 1.82) is 0 Å². The molecule has 0 amide bonds. The number of benzene rings is 2. The van der Waals surface area contributed by atoms with Gasteiger partial charge in [-0.05, 0) is 80.5 Å². The first-order chi connectivity index (χ1) is 13.2. The standard InChI is InChI=1S/C24H28O4/c1-15(2)5-9-19-11-17(14-23(27)24(19)28)7-8-18-12-21(25)20(22(26)13-18)10-6-16(3)4/h7-8,11-14,25-28H,1,3,5-6,9-10H2,2,4H3. The third-order valence-electron chi connectivity index (χ3n) is 4.51. The van der Waals surface area contributed by atoms with Crippen molar-refractivity contribution in [3.8, 4) is 23.0 Å². The number of hydrogen-bond acceptors (Lipinski definition) is 4. The van der Waals surface area contributed by atoms with Gasteiger partial charge in [0.25, 0.3) is 0 Å². The van der Waals surface area contributed by atoms with Gasteiger partial charge in [-0.1, -0.05) is 23.3 Å². The van der Waals surface area contributed by atoms with Crippen molar-refractivity contribution in [2.24, 2.45) is 0 Å². The SMILES string of the molecule is C=C(C)CCc1cc(C=Cc2cc(O)c(CCC(=C)C)c(O)c2)cc(O)c1O. The van der Waals surface area contributed by atoms with Crippen LogP contribution in [0.5, 0.6) is 23.0 Å². The Kier molecular flexibility index (Phi) is 6.94. The molecule has 0 atom stereocenters. The molecule has 2 rings (SSSR count). The summed E-state index contributed by atoms with van der Waals surface area (Å²) in [6.07, 6.45) is 6.00. The molecule has 4 nitrogen and oxygen atoms in total. The van der Waals surface area contributed by atoms with Crippen LogP contribution in [-0.2, 0) is 12.8 Å². The lowest BCUT2D eigenvalue weighted by molar-refractivity contribution is 0.399. The Morgan fingerprint density at radius 3 is 1.75 bits per heavy atom. The summed E-state index contributed by atoms with van der Waals surface area (Å²) in [7, 11) is 0. The molecule has 0 aliphatic heterocycles. The Morgan fingerprint density at radius 2 is 1.21 bits per heavy atom. The number of allylic oxidation sites excluding steroid dienone is 2. The Bertz CT molecular complexity index is 899. The molecule has 0 aromatic heterocycles. The van der Waals surface area contributed by atoms with E-state index in [2.05, 4.69) is 13.2 Å². The number of phenols is 4. The summed E-state index contributed by atoms with van der Waals surface area (Å²) in [6.45, 7) is 11.5. The lowest BCUT2D eigenvalue weighted by Crippen LogP contribution is -1.90. The van der Waals surface area contributed by atoms with Gasteiger partial charge in [0.05, 0.1) is 0 Å². The highest BCUT2D eigenvalue weighted by Crippen LogP contribution is 2.34. The molecule has 0 aliphatic rings. The molecule has 148 valence electrons. The lowest BCUT2D eigenvalue weighted by atomic mass is 10.00. The fourth-order valence-electron chi connectivity index (χ4n) is 2.88. The first-order valence-corrected chi connectivity index (χ1v) is 9.24. The van der Waals surface area contributed by atoms with Gasteiger partial charge in [-0.15, -0.1) is 13.2 Å². The zero-order valence-corrected chi connectivity index (χ0v) is 16.5. The van der Waals surface area contributed by atoms with E-state index in [1.807, 2.05) is 13.8 Å². The van der Waals surface area contributed by atoms with E-state index in [4.69, 9.17) is 0 Å². The molecule has 0 unspecified atom stereocenters. The maximum Gasteiger partial charge on any atom is 0.160 e. The molecule has 4 N–H and O–H groups in total. The van der Waals surface area contributed by atoms with Crippen molar-refractivity contribution >= 4 is 12.2 Å². The van der Waals surface area contributed by atoms with Crippen LogP contribution < -0.4 is 0 Å². The molecular weight excluding hydrogens is 352 g/mol. The minimum atomic E-state index is -0.181. The Labute approximate surface area is 166 Å². The molecule has 2 aromatic rings. The van der Waals surface area contributed by atoms with Crippen LogP contribution in [0.2, 0.25) is 0 Å². The summed E-state index contributed by atoms with van der Waals surface area (Å²) >= 11 is 0. The molecule has 28 heavy (non-hydrogen) atoms. The summed E-state index contributed by atoms with van der Waals surface area (Å²) in [5.41, 5.74) is 4.46. The molecule has 0 heterocycles. The topological polar surface area (TPSA) is 80.9 Å². The fraction of sp³-hybridized carbons (Fsp3) is 0.250. The molecule has 0 radical (unpaired) electrons. The van der Waals surface area contributed by atoms with Crippen molar-refractivity contribution in [3.63, 3.8) is 0 Å². The van der Waals surface area contributed by atoms with Gasteiger partial charge in [-0.2, -0.15) is 0 Å². The summed E-state index contributed by atoms with van der Waals surface area (Å²) in [6, 6.07) is 6.45. The van der Waals surface area contributed by atoms with E-state index in [0.29, 0.717) is 47.9 Å². The predicted molar refractivity (Wildman–Crippen MR) is 115 cm³/mol. The highest BCUT2D eigenvalue weighted by molar-refractivity contribution is 5.73. The van der Waals surface area contributed by atoms with E-state index in [1.54, 1.807) is 30.4 Å². The van der Waals surface area contributed by atoms with Crippen LogP contribution in [0, 0.1) is 0 Å². The first-order valence-electron chi connectivity index (χ1n) is 9.24. The fourth-order valence-corrected chi connectivity index (χ4v) is 2.88. The van der Waals surface area contributed by atoms with Crippen molar-refractivity contribution in [3.05, 3.63) is 70.8 Å².